The molecule has 0 bridgehead atoms. The minimum atomic E-state index is -4.36. The van der Waals surface area contributed by atoms with Crippen LogP contribution in [0.1, 0.15) is 142 Å². The fourth-order valence-corrected chi connectivity index (χ4v) is 5.52. The minimum absolute atomic E-state index is 0.0565. The average molecular weight is 633 g/mol. The van der Waals surface area contributed by atoms with Gasteiger partial charge in [0.05, 0.1) is 37.9 Å². The summed E-state index contributed by atoms with van der Waals surface area (Å²) in [7, 11) is -4.36. The third-order valence-electron chi connectivity index (χ3n) is 7.39. The Hall–Kier alpha value is -1.06. The number of aliphatic hydroxyl groups is 2. The van der Waals surface area contributed by atoms with Gasteiger partial charge in [0.15, 0.2) is 0 Å². The Balaban J connectivity index is 4.44. The summed E-state index contributed by atoms with van der Waals surface area (Å²) < 4.78 is 21.9. The molecule has 9 nitrogen and oxygen atoms in total. The molecule has 0 aliphatic rings. The lowest BCUT2D eigenvalue weighted by Crippen LogP contribution is -2.47. The average Bonchev–Trinajstić information content (AvgIpc) is 2.97. The summed E-state index contributed by atoms with van der Waals surface area (Å²) in [6.07, 6.45) is 26.6. The van der Waals surface area contributed by atoms with Gasteiger partial charge in [0.1, 0.15) is 0 Å². The topological polar surface area (TPSA) is 151 Å². The Bertz CT molecular complexity index is 751. The summed E-state index contributed by atoms with van der Waals surface area (Å²) in [6.45, 7) is 3.92. The van der Waals surface area contributed by atoms with Crippen LogP contribution < -0.4 is 11.1 Å². The van der Waals surface area contributed by atoms with Gasteiger partial charge in [-0.05, 0) is 38.5 Å². The van der Waals surface area contributed by atoms with Crippen LogP contribution in [-0.2, 0) is 18.4 Å². The molecule has 0 heterocycles. The van der Waals surface area contributed by atoms with E-state index in [1.807, 2.05) is 0 Å². The third-order valence-corrected chi connectivity index (χ3v) is 8.37. The van der Waals surface area contributed by atoms with Crippen LogP contribution in [0.25, 0.3) is 0 Å². The molecule has 0 aromatic rings. The second-order valence-corrected chi connectivity index (χ2v) is 13.0. The number of phosphoric acid groups is 1. The van der Waals surface area contributed by atoms with Gasteiger partial charge in [-0.15, -0.1) is 0 Å². The molecule has 0 saturated heterocycles. The minimum Gasteiger partial charge on any atom is -0.393 e. The van der Waals surface area contributed by atoms with Crippen molar-refractivity contribution in [2.75, 3.05) is 19.8 Å². The van der Waals surface area contributed by atoms with Crippen LogP contribution in [0.2, 0.25) is 0 Å². The van der Waals surface area contributed by atoms with Crippen LogP contribution in [-0.4, -0.2) is 59.0 Å². The lowest BCUT2D eigenvalue weighted by Gasteiger charge is -2.25. The Morgan fingerprint density at radius 1 is 0.791 bits per heavy atom. The first-order chi connectivity index (χ1) is 20.8. The third kappa shape index (κ3) is 28.2. The molecule has 4 atom stereocenters. The molecule has 10 heteroatoms. The molecular formula is C33H65N2O7P. The molecule has 0 spiro atoms. The number of hydrogen-bond donors (Lipinski definition) is 5. The van der Waals surface area contributed by atoms with Crippen molar-refractivity contribution in [1.82, 2.24) is 5.32 Å². The van der Waals surface area contributed by atoms with Crippen LogP contribution in [0, 0.1) is 0 Å². The van der Waals surface area contributed by atoms with E-state index in [9.17, 15) is 24.5 Å². The van der Waals surface area contributed by atoms with Crippen molar-refractivity contribution in [3.05, 3.63) is 24.3 Å². The normalized spacial score (nSPS) is 15.6. The van der Waals surface area contributed by atoms with Crippen molar-refractivity contribution in [2.45, 2.75) is 161 Å². The van der Waals surface area contributed by atoms with Gasteiger partial charge in [0.2, 0.25) is 5.91 Å². The number of aliphatic hydroxyl groups excluding tert-OH is 2. The molecule has 0 aliphatic carbocycles. The lowest BCUT2D eigenvalue weighted by atomic mass is 10.0. The molecule has 4 unspecified atom stereocenters. The van der Waals surface area contributed by atoms with Crippen LogP contribution in [0.15, 0.2) is 24.3 Å². The molecule has 0 fully saturated rings. The second kappa shape index (κ2) is 29.6. The smallest absolute Gasteiger partial charge is 0.393 e. The number of carbonyl (C=O) groups excluding carboxylic acids is 1. The molecule has 0 radical (unpaired) electrons. The van der Waals surface area contributed by atoms with Crippen molar-refractivity contribution in [3.63, 3.8) is 0 Å². The van der Waals surface area contributed by atoms with E-state index in [2.05, 4.69) is 43.5 Å². The number of carbonyl (C=O) groups is 1. The summed E-state index contributed by atoms with van der Waals surface area (Å²) in [5.74, 6) is -0.431. The highest BCUT2D eigenvalue weighted by atomic mass is 31.2. The number of allylic oxidation sites excluding steroid dienone is 4. The van der Waals surface area contributed by atoms with Crippen molar-refractivity contribution in [2.24, 2.45) is 5.73 Å². The molecule has 6 N–H and O–H groups in total. The number of unbranched alkanes of at least 4 members (excludes halogenated alkanes) is 14. The van der Waals surface area contributed by atoms with Crippen LogP contribution in [0.5, 0.6) is 0 Å². The van der Waals surface area contributed by atoms with E-state index in [0.717, 1.165) is 64.2 Å². The number of nitrogens with one attached hydrogen (secondary N) is 1. The summed E-state index contributed by atoms with van der Waals surface area (Å²) in [6, 6.07) is -0.898. The monoisotopic (exact) mass is 632 g/mol. The van der Waals surface area contributed by atoms with E-state index >= 15 is 0 Å². The highest BCUT2D eigenvalue weighted by Crippen LogP contribution is 2.43. The molecule has 254 valence electrons. The van der Waals surface area contributed by atoms with Gasteiger partial charge in [-0.1, -0.05) is 122 Å². The van der Waals surface area contributed by atoms with Gasteiger partial charge < -0.3 is 26.2 Å². The Morgan fingerprint density at radius 3 is 1.91 bits per heavy atom. The first-order valence-electron chi connectivity index (χ1n) is 17.0. The van der Waals surface area contributed by atoms with E-state index in [1.165, 1.54) is 44.9 Å². The maximum atomic E-state index is 12.7. The zero-order chi connectivity index (χ0) is 32.0. The van der Waals surface area contributed by atoms with Crippen molar-refractivity contribution < 1.29 is 33.5 Å². The van der Waals surface area contributed by atoms with Crippen LogP contribution in [0.3, 0.4) is 0 Å². The van der Waals surface area contributed by atoms with Crippen LogP contribution >= 0.6 is 7.82 Å². The number of nitrogens with two attached hydrogens (primary N) is 1. The van der Waals surface area contributed by atoms with E-state index in [4.69, 9.17) is 14.8 Å². The Labute approximate surface area is 262 Å². The molecular weight excluding hydrogens is 567 g/mol. The predicted octanol–water partition coefficient (Wildman–Crippen LogP) is 7.24. The second-order valence-electron chi connectivity index (χ2n) is 11.6. The number of hydrogen-bond acceptors (Lipinski definition) is 7. The largest absolute Gasteiger partial charge is 0.472 e. The van der Waals surface area contributed by atoms with E-state index < -0.39 is 32.0 Å². The van der Waals surface area contributed by atoms with Gasteiger partial charge in [-0.25, -0.2) is 4.57 Å². The Morgan fingerprint density at radius 2 is 1.30 bits per heavy atom. The van der Waals surface area contributed by atoms with Gasteiger partial charge in [-0.3, -0.25) is 13.8 Å². The van der Waals surface area contributed by atoms with Crippen LogP contribution in [0.4, 0.5) is 0 Å². The number of rotatable bonds is 31. The summed E-state index contributed by atoms with van der Waals surface area (Å²) in [5.41, 5.74) is 5.32. The van der Waals surface area contributed by atoms with Gasteiger partial charge in [0, 0.05) is 6.54 Å². The quantitative estimate of drug-likeness (QED) is 0.0305. The molecule has 1 amide bonds. The summed E-state index contributed by atoms with van der Waals surface area (Å²) in [5, 5.41) is 23.9. The number of phosphoric ester groups is 1. The molecule has 0 saturated carbocycles. The van der Waals surface area contributed by atoms with Gasteiger partial charge in [0.25, 0.3) is 0 Å². The van der Waals surface area contributed by atoms with Crippen molar-refractivity contribution >= 4 is 13.7 Å². The summed E-state index contributed by atoms with van der Waals surface area (Å²) >= 11 is 0. The fourth-order valence-electron chi connectivity index (χ4n) is 4.76. The maximum absolute atomic E-state index is 12.7. The highest BCUT2D eigenvalue weighted by molar-refractivity contribution is 7.47. The highest BCUT2D eigenvalue weighted by Gasteiger charge is 2.28. The van der Waals surface area contributed by atoms with Crippen molar-refractivity contribution in [1.29, 1.82) is 0 Å². The van der Waals surface area contributed by atoms with Gasteiger partial charge >= 0.3 is 7.82 Å². The predicted molar refractivity (Wildman–Crippen MR) is 177 cm³/mol. The maximum Gasteiger partial charge on any atom is 0.472 e. The lowest BCUT2D eigenvalue weighted by molar-refractivity contribution is -0.125. The van der Waals surface area contributed by atoms with E-state index in [1.54, 1.807) is 0 Å². The first-order valence-corrected chi connectivity index (χ1v) is 18.5. The molecule has 0 rings (SSSR count). The molecule has 0 aromatic carbocycles. The Kier molecular flexibility index (Phi) is 28.9. The number of amides is 1. The van der Waals surface area contributed by atoms with E-state index in [-0.39, 0.29) is 26.2 Å². The summed E-state index contributed by atoms with van der Waals surface area (Å²) in [4.78, 5) is 22.5. The van der Waals surface area contributed by atoms with Gasteiger partial charge in [-0.2, -0.15) is 0 Å². The standard InChI is InChI=1S/C33H65N2O7P/c1-3-5-7-9-11-13-14-15-16-17-18-20-22-24-30(36)28-33(38)35-31(29-42-43(39,40)41-27-26-34)32(37)25-23-21-19-12-10-8-6-4-2/h11,13-15,30-32,36-37H,3-10,12,16-29,34H2,1-2H3,(H,35,38)(H,39,40)/b13-11-,15-14-. The molecule has 0 aliphatic heterocycles. The zero-order valence-electron chi connectivity index (χ0n) is 27.3. The first kappa shape index (κ1) is 41.9. The fraction of sp³-hybridized carbons (Fsp3) is 0.848. The molecule has 0 aromatic heterocycles. The molecule has 43 heavy (non-hydrogen) atoms. The van der Waals surface area contributed by atoms with E-state index in [0.29, 0.717) is 12.8 Å². The SMILES string of the molecule is CCCCC/C=C\C=C/CCCCCCC(O)CC(=O)NC(COP(=O)(O)OCCN)C(O)CCCCCCCCCC. The van der Waals surface area contributed by atoms with Crippen molar-refractivity contribution in [3.8, 4) is 0 Å². The zero-order valence-corrected chi connectivity index (χ0v) is 28.2.